The first-order chi connectivity index (χ1) is 5.97. The molecule has 13 heteroatoms. The first-order valence-electron chi connectivity index (χ1n) is 2.67. The molecule has 86 valence electrons. The van der Waals surface area contributed by atoms with Crippen molar-refractivity contribution < 1.29 is 42.1 Å². The van der Waals surface area contributed by atoms with Crippen molar-refractivity contribution in [2.75, 3.05) is 7.11 Å². The van der Waals surface area contributed by atoms with Crippen molar-refractivity contribution in [3.05, 3.63) is 0 Å². The Morgan fingerprint density at radius 3 is 1.71 bits per heavy atom. The van der Waals surface area contributed by atoms with Crippen molar-refractivity contribution in [3.8, 4) is 0 Å². The van der Waals surface area contributed by atoms with Gasteiger partial charge in [-0.25, -0.2) is 13.7 Å². The summed E-state index contributed by atoms with van der Waals surface area (Å²) in [5, 5.41) is 0. The fourth-order valence-electron chi connectivity index (χ4n) is 0.313. The van der Waals surface area contributed by atoms with Crippen LogP contribution in [0.2, 0.25) is 0 Å². The zero-order valence-electron chi connectivity index (χ0n) is 6.58. The molecule has 0 aliphatic carbocycles. The summed E-state index contributed by atoms with van der Waals surface area (Å²) < 4.78 is 38.9. The molecule has 0 bridgehead atoms. The Hall–Kier alpha value is 0.800. The first-order valence-corrected chi connectivity index (χ1v) is 9.38. The van der Waals surface area contributed by atoms with Crippen molar-refractivity contribution in [3.63, 3.8) is 0 Å². The lowest BCUT2D eigenvalue weighted by atomic mass is 11.8. The molecule has 0 rings (SSSR count). The molecule has 4 N–H and O–H groups in total. The molecule has 2 unspecified atom stereocenters. The van der Waals surface area contributed by atoms with Crippen LogP contribution in [0, 0.1) is 0 Å². The van der Waals surface area contributed by atoms with Crippen molar-refractivity contribution in [1.82, 2.24) is 0 Å². The van der Waals surface area contributed by atoms with Gasteiger partial charge in [0.05, 0.1) is 11.0 Å². The van der Waals surface area contributed by atoms with Crippen LogP contribution in [0.3, 0.4) is 0 Å². The van der Waals surface area contributed by atoms with E-state index in [1.807, 2.05) is 0 Å². The maximum Gasteiger partial charge on any atom is 0.477 e. The normalized spacial score (nSPS) is 21.2. The van der Waals surface area contributed by atoms with Gasteiger partial charge in [0.15, 0.2) is 0 Å². The van der Waals surface area contributed by atoms with Crippen LogP contribution in [-0.2, 0) is 22.5 Å². The lowest BCUT2D eigenvalue weighted by molar-refractivity contribution is 0.271. The molecule has 0 aromatic carbocycles. The minimum absolute atomic E-state index is 0.583. The highest BCUT2D eigenvalue weighted by Gasteiger charge is 2.39. The summed E-state index contributed by atoms with van der Waals surface area (Å²) in [5.74, 6) is 0. The van der Waals surface area contributed by atoms with Crippen LogP contribution in [0.25, 0.3) is 0 Å². The Morgan fingerprint density at radius 2 is 1.43 bits per heavy atom. The number of hydrogen-bond donors (Lipinski definition) is 4. The molecular weight excluding hydrogens is 281 g/mol. The molecule has 0 radical (unpaired) electrons. The zero-order chi connectivity index (χ0) is 11.6. The van der Waals surface area contributed by atoms with Crippen molar-refractivity contribution in [1.29, 1.82) is 0 Å². The lowest BCUT2D eigenvalue weighted by Crippen LogP contribution is -1.85. The van der Waals surface area contributed by atoms with Crippen molar-refractivity contribution in [2.45, 2.75) is 0 Å². The van der Waals surface area contributed by atoms with E-state index < -0.39 is 32.4 Å². The van der Waals surface area contributed by atoms with Gasteiger partial charge < -0.3 is 24.1 Å². The fraction of sp³-hybridized carbons (Fsp3) is 1.00. The third kappa shape index (κ3) is 7.14. The van der Waals surface area contributed by atoms with Gasteiger partial charge in [-0.15, -0.1) is 0 Å². The van der Waals surface area contributed by atoms with Gasteiger partial charge in [0.25, 0.3) is 0 Å². The summed E-state index contributed by atoms with van der Waals surface area (Å²) in [6.07, 6.45) is 0. The zero-order valence-corrected chi connectivity index (χ0v) is 10.1. The van der Waals surface area contributed by atoms with Crippen LogP contribution in [0.1, 0.15) is 0 Å². The van der Waals surface area contributed by atoms with E-state index >= 15 is 0 Å². The van der Waals surface area contributed by atoms with Crippen LogP contribution >= 0.6 is 32.4 Å². The molecule has 0 heterocycles. The van der Waals surface area contributed by atoms with Gasteiger partial charge in [0, 0.05) is 7.11 Å². The van der Waals surface area contributed by atoms with Gasteiger partial charge in [0.2, 0.25) is 0 Å². The van der Waals surface area contributed by atoms with E-state index in [9.17, 15) is 13.7 Å². The summed E-state index contributed by atoms with van der Waals surface area (Å²) >= 11 is -0.583. The third-order valence-corrected chi connectivity index (χ3v) is 9.20. The SMILES string of the molecule is COP(=O)(O)SP(=O)(O)OP(=O)(O)O. The van der Waals surface area contributed by atoms with Crippen LogP contribution in [0.4, 0.5) is 0 Å². The predicted octanol–water partition coefficient (Wildman–Crippen LogP) is 0.676. The van der Waals surface area contributed by atoms with E-state index in [2.05, 4.69) is 8.83 Å². The molecule has 0 aromatic rings. The Labute approximate surface area is 82.2 Å². The van der Waals surface area contributed by atoms with Gasteiger partial charge in [0.1, 0.15) is 0 Å². The van der Waals surface area contributed by atoms with Crippen LogP contribution in [0.5, 0.6) is 0 Å². The quantitative estimate of drug-likeness (QED) is 0.531. The molecule has 0 aromatic heterocycles. The standard InChI is InChI=1S/CH7O9P3S/c1-9-12(5,6)14-13(7,8)10-11(2,3)4/h1H3,(H,5,6)(H,7,8)(H2,2,3,4). The van der Waals surface area contributed by atoms with Gasteiger partial charge >= 0.3 is 21.4 Å². The van der Waals surface area contributed by atoms with E-state index in [0.29, 0.717) is 0 Å². The summed E-state index contributed by atoms with van der Waals surface area (Å²) in [7, 11) is -4.42. The Balaban J connectivity index is 4.60. The smallest absolute Gasteiger partial charge is 0.316 e. The Kier molecular flexibility index (Phi) is 5.03. The maximum atomic E-state index is 10.8. The number of rotatable bonds is 5. The lowest BCUT2D eigenvalue weighted by Gasteiger charge is -2.13. The predicted molar refractivity (Wildman–Crippen MR) is 47.4 cm³/mol. The third-order valence-electron chi connectivity index (χ3n) is 0.647. The highest BCUT2D eigenvalue weighted by atomic mass is 33.1. The van der Waals surface area contributed by atoms with Gasteiger partial charge in [-0.05, 0) is 0 Å². The van der Waals surface area contributed by atoms with Crippen LogP contribution in [0.15, 0.2) is 0 Å². The van der Waals surface area contributed by atoms with E-state index in [4.69, 9.17) is 19.6 Å². The van der Waals surface area contributed by atoms with Crippen LogP contribution < -0.4 is 0 Å². The molecule has 0 amide bonds. The van der Waals surface area contributed by atoms with E-state index in [0.717, 1.165) is 7.11 Å². The molecule has 0 fully saturated rings. The molecule has 0 saturated carbocycles. The van der Waals surface area contributed by atoms with E-state index in [1.54, 1.807) is 0 Å². The fourth-order valence-corrected chi connectivity index (χ4v) is 7.62. The molecule has 0 aliphatic rings. The summed E-state index contributed by atoms with van der Waals surface area (Å²) in [4.78, 5) is 33.7. The minimum atomic E-state index is -5.21. The number of hydrogen-bond acceptors (Lipinski definition) is 6. The highest BCUT2D eigenvalue weighted by molar-refractivity contribution is 8.84. The van der Waals surface area contributed by atoms with Gasteiger partial charge in [-0.2, -0.15) is 4.31 Å². The van der Waals surface area contributed by atoms with E-state index in [1.165, 1.54) is 0 Å². The largest absolute Gasteiger partial charge is 0.477 e. The van der Waals surface area contributed by atoms with E-state index in [-0.39, 0.29) is 0 Å². The first kappa shape index (κ1) is 14.8. The van der Waals surface area contributed by atoms with Crippen LogP contribution in [-0.4, -0.2) is 26.7 Å². The molecular formula is CH7O9P3S. The van der Waals surface area contributed by atoms with Crippen molar-refractivity contribution in [2.24, 2.45) is 0 Å². The highest BCUT2D eigenvalue weighted by Crippen LogP contribution is 2.78. The molecule has 2 atom stereocenters. The van der Waals surface area contributed by atoms with Gasteiger partial charge in [-0.1, -0.05) is 0 Å². The van der Waals surface area contributed by atoms with Gasteiger partial charge in [-0.3, -0.25) is 0 Å². The second-order valence-corrected chi connectivity index (χ2v) is 10.5. The second kappa shape index (κ2) is 4.76. The monoisotopic (exact) mass is 288 g/mol. The number of phosphoric acid groups is 1. The second-order valence-electron chi connectivity index (χ2n) is 1.77. The maximum absolute atomic E-state index is 10.8. The topological polar surface area (TPSA) is 151 Å². The Morgan fingerprint density at radius 1 is 1.00 bits per heavy atom. The summed E-state index contributed by atoms with van der Waals surface area (Å²) in [6.45, 7) is -9.38. The molecule has 0 saturated heterocycles. The van der Waals surface area contributed by atoms with Crippen molar-refractivity contribution >= 4 is 32.4 Å². The average Bonchev–Trinajstić information content (AvgIpc) is 1.78. The molecule has 0 aliphatic heterocycles. The molecule has 0 spiro atoms. The molecule has 14 heavy (non-hydrogen) atoms. The molecule has 9 nitrogen and oxygen atoms in total. The Bertz CT molecular complexity index is 329. The summed E-state index contributed by atoms with van der Waals surface area (Å²) in [6, 6.07) is 0. The minimum Gasteiger partial charge on any atom is -0.316 e. The summed E-state index contributed by atoms with van der Waals surface area (Å²) in [5.41, 5.74) is 0. The average molecular weight is 288 g/mol.